The molecule has 2 aliphatic heterocycles. The zero-order valence-corrected chi connectivity index (χ0v) is 16.4. The van der Waals surface area contributed by atoms with Gasteiger partial charge in [-0.05, 0) is 49.6 Å². The Labute approximate surface area is 160 Å². The molecule has 1 fully saturated rings. The van der Waals surface area contributed by atoms with Crippen LogP contribution >= 0.6 is 23.7 Å². The third-order valence-corrected chi connectivity index (χ3v) is 6.21. The van der Waals surface area contributed by atoms with E-state index in [1.54, 1.807) is 11.3 Å². The first-order valence-corrected chi connectivity index (χ1v) is 9.82. The highest BCUT2D eigenvalue weighted by atomic mass is 35.5. The maximum absolute atomic E-state index is 12.6. The summed E-state index contributed by atoms with van der Waals surface area (Å²) in [7, 11) is 0. The Hall–Kier alpha value is -1.11. The van der Waals surface area contributed by atoms with Crippen LogP contribution in [0.15, 0.2) is 11.4 Å². The highest BCUT2D eigenvalue weighted by Gasteiger charge is 2.30. The van der Waals surface area contributed by atoms with Crippen molar-refractivity contribution in [3.05, 3.63) is 21.9 Å². The number of halogens is 1. The van der Waals surface area contributed by atoms with E-state index in [2.05, 4.69) is 11.4 Å². The number of rotatable bonds is 4. The lowest BCUT2D eigenvalue weighted by molar-refractivity contribution is -0.139. The Kier molecular flexibility index (Phi) is 7.28. The zero-order chi connectivity index (χ0) is 17.1. The molecule has 1 aromatic heterocycles. The van der Waals surface area contributed by atoms with Gasteiger partial charge in [-0.15, -0.1) is 23.7 Å². The summed E-state index contributed by atoms with van der Waals surface area (Å²) >= 11 is 1.77. The molecule has 3 heterocycles. The van der Waals surface area contributed by atoms with Gasteiger partial charge in [0.15, 0.2) is 0 Å². The van der Waals surface area contributed by atoms with Crippen LogP contribution in [0, 0.1) is 0 Å². The normalized spacial score (nSPS) is 21.3. The van der Waals surface area contributed by atoms with E-state index in [4.69, 9.17) is 5.73 Å². The zero-order valence-electron chi connectivity index (χ0n) is 14.8. The highest BCUT2D eigenvalue weighted by Crippen LogP contribution is 2.25. The summed E-state index contributed by atoms with van der Waals surface area (Å²) < 4.78 is 0. The van der Waals surface area contributed by atoms with Gasteiger partial charge < -0.3 is 15.5 Å². The first kappa shape index (κ1) is 20.2. The van der Waals surface area contributed by atoms with Crippen LogP contribution in [0.4, 0.5) is 0 Å². The fourth-order valence-electron chi connectivity index (χ4n) is 3.79. The number of nitrogens with two attached hydrogens (primary N) is 1. The molecule has 3 rings (SSSR count). The van der Waals surface area contributed by atoms with Gasteiger partial charge in [-0.25, -0.2) is 0 Å². The Morgan fingerprint density at radius 3 is 2.80 bits per heavy atom. The molecule has 0 saturated carbocycles. The van der Waals surface area contributed by atoms with E-state index in [0.717, 1.165) is 38.8 Å². The molecule has 2 amide bonds. The van der Waals surface area contributed by atoms with Crippen molar-refractivity contribution in [2.75, 3.05) is 13.1 Å². The molecule has 5 nitrogen and oxygen atoms in total. The average molecular weight is 386 g/mol. The van der Waals surface area contributed by atoms with Crippen molar-refractivity contribution < 1.29 is 9.59 Å². The summed E-state index contributed by atoms with van der Waals surface area (Å²) in [5, 5.41) is 2.09. The molecule has 0 radical (unpaired) electrons. The number of piperidine rings is 1. The molecule has 0 aromatic carbocycles. The van der Waals surface area contributed by atoms with E-state index in [-0.39, 0.29) is 36.3 Å². The van der Waals surface area contributed by atoms with Crippen molar-refractivity contribution in [2.45, 2.75) is 64.1 Å². The molecular weight excluding hydrogens is 358 g/mol. The van der Waals surface area contributed by atoms with Crippen LogP contribution in [0.5, 0.6) is 0 Å². The van der Waals surface area contributed by atoms with E-state index in [1.165, 1.54) is 10.4 Å². The molecule has 2 unspecified atom stereocenters. The number of hydrogen-bond donors (Lipinski definition) is 1. The van der Waals surface area contributed by atoms with E-state index < -0.39 is 0 Å². The third kappa shape index (κ3) is 4.74. The molecule has 0 spiro atoms. The average Bonchev–Trinajstić information content (AvgIpc) is 3.06. The maximum Gasteiger partial charge on any atom is 0.223 e. The fraction of sp³-hybridized carbons (Fsp3) is 0.667. The molecule has 0 aliphatic carbocycles. The Morgan fingerprint density at radius 1 is 1.28 bits per heavy atom. The number of carbonyl (C=O) groups excluding carboxylic acids is 2. The standard InChI is InChI=1S/C18H27N3O2S.ClH/c1-13(19)15-4-2-3-9-21(15)18(23)6-5-17(22)20-10-7-16-14(12-20)8-11-24-16;/h8,11,13,15H,2-7,9-10,12,19H2,1H3;1H. The van der Waals surface area contributed by atoms with Gasteiger partial charge in [0.2, 0.25) is 11.8 Å². The topological polar surface area (TPSA) is 66.6 Å². The lowest BCUT2D eigenvalue weighted by Gasteiger charge is -2.38. The molecular formula is C18H28ClN3O2S. The van der Waals surface area contributed by atoms with Crippen LogP contribution < -0.4 is 5.73 Å². The van der Waals surface area contributed by atoms with Crippen LogP contribution in [0.3, 0.4) is 0 Å². The van der Waals surface area contributed by atoms with Crippen LogP contribution in [-0.4, -0.2) is 46.8 Å². The van der Waals surface area contributed by atoms with E-state index >= 15 is 0 Å². The number of thiophene rings is 1. The molecule has 2 atom stereocenters. The van der Waals surface area contributed by atoms with Crippen molar-refractivity contribution in [3.63, 3.8) is 0 Å². The van der Waals surface area contributed by atoms with Gasteiger partial charge >= 0.3 is 0 Å². The number of hydrogen-bond acceptors (Lipinski definition) is 4. The molecule has 25 heavy (non-hydrogen) atoms. The lowest BCUT2D eigenvalue weighted by atomic mass is 9.96. The summed E-state index contributed by atoms with van der Waals surface area (Å²) in [4.78, 5) is 30.2. The number of likely N-dealkylation sites (tertiary alicyclic amines) is 1. The SMILES string of the molecule is CC(N)C1CCCCN1C(=O)CCC(=O)N1CCc2sccc2C1.Cl. The quantitative estimate of drug-likeness (QED) is 0.866. The van der Waals surface area contributed by atoms with Gasteiger partial charge in [-0.1, -0.05) is 0 Å². The predicted octanol–water partition coefficient (Wildman–Crippen LogP) is 2.56. The monoisotopic (exact) mass is 385 g/mol. The minimum atomic E-state index is -0.0101. The third-order valence-electron chi connectivity index (χ3n) is 5.19. The minimum Gasteiger partial charge on any atom is -0.338 e. The molecule has 1 saturated heterocycles. The second kappa shape index (κ2) is 9.01. The first-order chi connectivity index (χ1) is 11.6. The largest absolute Gasteiger partial charge is 0.338 e. The van der Waals surface area contributed by atoms with Crippen molar-refractivity contribution in [3.8, 4) is 0 Å². The van der Waals surface area contributed by atoms with Gasteiger partial charge in [0.05, 0.1) is 0 Å². The first-order valence-electron chi connectivity index (χ1n) is 8.94. The number of amides is 2. The predicted molar refractivity (Wildman–Crippen MR) is 103 cm³/mol. The summed E-state index contributed by atoms with van der Waals surface area (Å²) in [5.41, 5.74) is 7.30. The minimum absolute atomic E-state index is 0. The number of carbonyl (C=O) groups is 2. The van der Waals surface area contributed by atoms with Crippen molar-refractivity contribution in [2.24, 2.45) is 5.73 Å². The van der Waals surface area contributed by atoms with Crippen molar-refractivity contribution in [1.29, 1.82) is 0 Å². The molecule has 7 heteroatoms. The summed E-state index contributed by atoms with van der Waals surface area (Å²) in [6.45, 7) is 4.21. The van der Waals surface area contributed by atoms with Crippen LogP contribution in [0.25, 0.3) is 0 Å². The summed E-state index contributed by atoms with van der Waals surface area (Å²) in [6.07, 6.45) is 4.69. The molecule has 2 aliphatic rings. The molecule has 140 valence electrons. The summed E-state index contributed by atoms with van der Waals surface area (Å²) in [5.74, 6) is 0.174. The summed E-state index contributed by atoms with van der Waals surface area (Å²) in [6, 6.07) is 2.22. The van der Waals surface area contributed by atoms with Crippen molar-refractivity contribution >= 4 is 35.6 Å². The van der Waals surface area contributed by atoms with E-state index in [1.807, 2.05) is 16.7 Å². The van der Waals surface area contributed by atoms with Gasteiger partial charge in [0, 0.05) is 49.4 Å². The number of nitrogens with zero attached hydrogens (tertiary/aromatic N) is 2. The molecule has 1 aromatic rings. The second-order valence-electron chi connectivity index (χ2n) is 6.94. The van der Waals surface area contributed by atoms with Crippen LogP contribution in [0.2, 0.25) is 0 Å². The highest BCUT2D eigenvalue weighted by molar-refractivity contribution is 7.10. The van der Waals surface area contributed by atoms with Gasteiger partial charge in [-0.2, -0.15) is 0 Å². The Morgan fingerprint density at radius 2 is 2.04 bits per heavy atom. The van der Waals surface area contributed by atoms with Crippen LogP contribution in [0.1, 0.15) is 49.5 Å². The fourth-order valence-corrected chi connectivity index (χ4v) is 4.68. The Bertz CT molecular complexity index is 605. The van der Waals surface area contributed by atoms with E-state index in [9.17, 15) is 9.59 Å². The van der Waals surface area contributed by atoms with E-state index in [0.29, 0.717) is 19.4 Å². The lowest BCUT2D eigenvalue weighted by Crippen LogP contribution is -2.51. The van der Waals surface area contributed by atoms with Crippen LogP contribution in [-0.2, 0) is 22.6 Å². The van der Waals surface area contributed by atoms with Crippen molar-refractivity contribution in [1.82, 2.24) is 9.80 Å². The smallest absolute Gasteiger partial charge is 0.223 e. The molecule has 0 bridgehead atoms. The van der Waals surface area contributed by atoms with Gasteiger partial charge in [0.25, 0.3) is 0 Å². The number of fused-ring (bicyclic) bond motifs is 1. The van der Waals surface area contributed by atoms with Gasteiger partial charge in [0.1, 0.15) is 0 Å². The van der Waals surface area contributed by atoms with Gasteiger partial charge in [-0.3, -0.25) is 9.59 Å². The molecule has 2 N–H and O–H groups in total. The second-order valence-corrected chi connectivity index (χ2v) is 7.94. The maximum atomic E-state index is 12.6. The Balaban J connectivity index is 0.00000225.